The molecule has 0 bridgehead atoms. The second-order valence-electron chi connectivity index (χ2n) is 3.61. The third kappa shape index (κ3) is 3.38. The lowest BCUT2D eigenvalue weighted by atomic mass is 10.2. The summed E-state index contributed by atoms with van der Waals surface area (Å²) in [4.78, 5) is 11.5. The zero-order valence-electron chi connectivity index (χ0n) is 8.38. The molecule has 14 heavy (non-hydrogen) atoms. The number of carbonyl (C=O) groups is 1. The van der Waals surface area contributed by atoms with Crippen LogP contribution in [0.3, 0.4) is 0 Å². The standard InChI is InChI=1S/C11H14ClNO/c1-8(2)7-13-11(14)9-3-5-10(12)6-4-9/h3-6,8H,7H2,1-2H3,(H,13,14). The van der Waals surface area contributed by atoms with Crippen molar-refractivity contribution in [2.75, 3.05) is 6.54 Å². The Morgan fingerprint density at radius 3 is 2.43 bits per heavy atom. The zero-order chi connectivity index (χ0) is 10.6. The van der Waals surface area contributed by atoms with E-state index in [1.807, 2.05) is 0 Å². The highest BCUT2D eigenvalue weighted by atomic mass is 35.5. The van der Waals surface area contributed by atoms with Crippen LogP contribution in [0.4, 0.5) is 0 Å². The van der Waals surface area contributed by atoms with Crippen LogP contribution < -0.4 is 5.32 Å². The van der Waals surface area contributed by atoms with Crippen molar-refractivity contribution >= 4 is 17.5 Å². The van der Waals surface area contributed by atoms with E-state index in [-0.39, 0.29) is 5.91 Å². The average Bonchev–Trinajstić information content (AvgIpc) is 2.15. The Morgan fingerprint density at radius 2 is 1.93 bits per heavy atom. The number of benzene rings is 1. The van der Waals surface area contributed by atoms with Gasteiger partial charge in [0, 0.05) is 17.1 Å². The molecule has 76 valence electrons. The zero-order valence-corrected chi connectivity index (χ0v) is 9.14. The fraction of sp³-hybridized carbons (Fsp3) is 0.364. The van der Waals surface area contributed by atoms with E-state index < -0.39 is 0 Å². The molecule has 0 radical (unpaired) electrons. The maximum absolute atomic E-state index is 11.5. The van der Waals surface area contributed by atoms with Gasteiger partial charge in [0.25, 0.3) is 5.91 Å². The van der Waals surface area contributed by atoms with Crippen LogP contribution in [-0.2, 0) is 0 Å². The van der Waals surface area contributed by atoms with Crippen LogP contribution in [0.5, 0.6) is 0 Å². The number of nitrogens with one attached hydrogen (secondary N) is 1. The van der Waals surface area contributed by atoms with Crippen molar-refractivity contribution in [1.29, 1.82) is 0 Å². The van der Waals surface area contributed by atoms with E-state index in [0.717, 1.165) is 0 Å². The molecule has 0 aliphatic rings. The molecule has 0 saturated carbocycles. The summed E-state index contributed by atoms with van der Waals surface area (Å²) in [5, 5.41) is 3.48. The topological polar surface area (TPSA) is 29.1 Å². The molecule has 1 rings (SSSR count). The van der Waals surface area contributed by atoms with Crippen LogP contribution in [0.25, 0.3) is 0 Å². The van der Waals surface area contributed by atoms with Crippen LogP contribution in [-0.4, -0.2) is 12.5 Å². The molecule has 0 atom stereocenters. The van der Waals surface area contributed by atoms with E-state index in [4.69, 9.17) is 11.6 Å². The minimum atomic E-state index is -0.0460. The van der Waals surface area contributed by atoms with Crippen LogP contribution >= 0.6 is 11.6 Å². The van der Waals surface area contributed by atoms with Gasteiger partial charge in [0.05, 0.1) is 0 Å². The van der Waals surface area contributed by atoms with E-state index >= 15 is 0 Å². The summed E-state index contributed by atoms with van der Waals surface area (Å²) in [6.07, 6.45) is 0. The van der Waals surface area contributed by atoms with E-state index in [1.165, 1.54) is 0 Å². The molecule has 1 aromatic rings. The molecule has 1 N–H and O–H groups in total. The lowest BCUT2D eigenvalue weighted by molar-refractivity contribution is 0.0949. The normalized spacial score (nSPS) is 10.3. The van der Waals surface area contributed by atoms with Crippen molar-refractivity contribution in [3.05, 3.63) is 34.9 Å². The molecule has 0 spiro atoms. The van der Waals surface area contributed by atoms with Gasteiger partial charge < -0.3 is 5.32 Å². The summed E-state index contributed by atoms with van der Waals surface area (Å²) in [6.45, 7) is 4.81. The molecule has 0 aromatic heterocycles. The number of rotatable bonds is 3. The number of amides is 1. The Kier molecular flexibility index (Phi) is 3.96. The third-order valence-electron chi connectivity index (χ3n) is 1.78. The Hall–Kier alpha value is -1.02. The van der Waals surface area contributed by atoms with E-state index in [9.17, 15) is 4.79 Å². The monoisotopic (exact) mass is 211 g/mol. The molecule has 0 saturated heterocycles. The molecule has 3 heteroatoms. The number of carbonyl (C=O) groups excluding carboxylic acids is 1. The quantitative estimate of drug-likeness (QED) is 0.819. The van der Waals surface area contributed by atoms with E-state index in [2.05, 4.69) is 19.2 Å². The fourth-order valence-electron chi connectivity index (χ4n) is 1.00. The van der Waals surface area contributed by atoms with Gasteiger partial charge in [-0.15, -0.1) is 0 Å². The van der Waals surface area contributed by atoms with Gasteiger partial charge in [0.2, 0.25) is 0 Å². The lowest BCUT2D eigenvalue weighted by Crippen LogP contribution is -2.27. The van der Waals surface area contributed by atoms with Crippen molar-refractivity contribution in [2.45, 2.75) is 13.8 Å². The highest BCUT2D eigenvalue weighted by molar-refractivity contribution is 6.30. The van der Waals surface area contributed by atoms with Gasteiger partial charge in [-0.1, -0.05) is 25.4 Å². The predicted molar refractivity (Wildman–Crippen MR) is 58.6 cm³/mol. The van der Waals surface area contributed by atoms with Crippen molar-refractivity contribution in [1.82, 2.24) is 5.32 Å². The summed E-state index contributed by atoms with van der Waals surface area (Å²) in [7, 11) is 0. The Bertz CT molecular complexity index is 306. The summed E-state index contributed by atoms with van der Waals surface area (Å²) in [5.41, 5.74) is 0.648. The summed E-state index contributed by atoms with van der Waals surface area (Å²) < 4.78 is 0. The Morgan fingerprint density at radius 1 is 1.36 bits per heavy atom. The second kappa shape index (κ2) is 5.01. The molecule has 2 nitrogen and oxygen atoms in total. The SMILES string of the molecule is CC(C)CNC(=O)c1ccc(Cl)cc1. The van der Waals surface area contributed by atoms with Crippen LogP contribution in [0, 0.1) is 5.92 Å². The van der Waals surface area contributed by atoms with Gasteiger partial charge in [-0.05, 0) is 30.2 Å². The molecule has 0 unspecified atom stereocenters. The molecule has 0 heterocycles. The van der Waals surface area contributed by atoms with Crippen molar-refractivity contribution in [2.24, 2.45) is 5.92 Å². The first-order valence-electron chi connectivity index (χ1n) is 4.63. The van der Waals surface area contributed by atoms with Crippen molar-refractivity contribution in [3.8, 4) is 0 Å². The molecule has 1 aromatic carbocycles. The summed E-state index contributed by atoms with van der Waals surface area (Å²) in [6, 6.07) is 6.87. The van der Waals surface area contributed by atoms with Crippen LogP contribution in [0.1, 0.15) is 24.2 Å². The van der Waals surface area contributed by atoms with Gasteiger partial charge >= 0.3 is 0 Å². The maximum Gasteiger partial charge on any atom is 0.251 e. The maximum atomic E-state index is 11.5. The molecule has 0 aliphatic heterocycles. The molecule has 1 amide bonds. The Labute approximate surface area is 89.3 Å². The molecular weight excluding hydrogens is 198 g/mol. The van der Waals surface area contributed by atoms with Gasteiger partial charge in [-0.25, -0.2) is 0 Å². The number of hydrogen-bond donors (Lipinski definition) is 1. The van der Waals surface area contributed by atoms with Gasteiger partial charge in [0.15, 0.2) is 0 Å². The first-order valence-corrected chi connectivity index (χ1v) is 5.01. The van der Waals surface area contributed by atoms with E-state index in [1.54, 1.807) is 24.3 Å². The minimum Gasteiger partial charge on any atom is -0.352 e. The number of halogens is 1. The molecule has 0 fully saturated rings. The summed E-state index contributed by atoms with van der Waals surface area (Å²) >= 11 is 5.71. The van der Waals surface area contributed by atoms with Crippen LogP contribution in [0.15, 0.2) is 24.3 Å². The largest absolute Gasteiger partial charge is 0.352 e. The third-order valence-corrected chi connectivity index (χ3v) is 2.03. The van der Waals surface area contributed by atoms with Crippen LogP contribution in [0.2, 0.25) is 5.02 Å². The van der Waals surface area contributed by atoms with E-state index in [0.29, 0.717) is 23.0 Å². The smallest absolute Gasteiger partial charge is 0.251 e. The lowest BCUT2D eigenvalue weighted by Gasteiger charge is -2.07. The van der Waals surface area contributed by atoms with Gasteiger partial charge in [-0.3, -0.25) is 4.79 Å². The molecular formula is C11H14ClNO. The highest BCUT2D eigenvalue weighted by Gasteiger charge is 2.04. The first kappa shape index (κ1) is 11.1. The highest BCUT2D eigenvalue weighted by Crippen LogP contribution is 2.09. The summed E-state index contributed by atoms with van der Waals surface area (Å²) in [5.74, 6) is 0.418. The van der Waals surface area contributed by atoms with Gasteiger partial charge in [0.1, 0.15) is 0 Å². The van der Waals surface area contributed by atoms with Crippen molar-refractivity contribution in [3.63, 3.8) is 0 Å². The first-order chi connectivity index (χ1) is 6.59. The van der Waals surface area contributed by atoms with Crippen molar-refractivity contribution < 1.29 is 4.79 Å². The number of hydrogen-bond acceptors (Lipinski definition) is 1. The predicted octanol–water partition coefficient (Wildman–Crippen LogP) is 2.73. The average molecular weight is 212 g/mol. The minimum absolute atomic E-state index is 0.0460. The molecule has 0 aliphatic carbocycles. The second-order valence-corrected chi connectivity index (χ2v) is 4.05. The fourth-order valence-corrected chi connectivity index (χ4v) is 1.13. The Balaban J connectivity index is 2.57. The van der Waals surface area contributed by atoms with Gasteiger partial charge in [-0.2, -0.15) is 0 Å².